The molecule has 0 bridgehead atoms. The molecule has 20 heavy (non-hydrogen) atoms. The van der Waals surface area contributed by atoms with Crippen molar-refractivity contribution in [1.82, 2.24) is 0 Å². The molecule has 1 unspecified atom stereocenters. The first-order valence-corrected chi connectivity index (χ1v) is 7.11. The number of hydrogen-bond acceptors (Lipinski definition) is 4. The standard InChI is InChI=1S/C16H25NO3/c1-4-14(17)11-13-10-12(2)7-8-15(13)20-9-5-6-16(18)19-3/h7-8,10,14H,4-6,9,11,17H2,1-3H3. The van der Waals surface area contributed by atoms with Gasteiger partial charge in [0, 0.05) is 12.5 Å². The molecule has 1 aromatic carbocycles. The number of aryl methyl sites for hydroxylation is 1. The number of carbonyl (C=O) groups excluding carboxylic acids is 1. The number of nitrogens with two attached hydrogens (primary N) is 1. The molecule has 0 heterocycles. The Labute approximate surface area is 121 Å². The Hall–Kier alpha value is -1.55. The number of hydrogen-bond donors (Lipinski definition) is 1. The van der Waals surface area contributed by atoms with Crippen LogP contribution in [0, 0.1) is 6.92 Å². The van der Waals surface area contributed by atoms with Gasteiger partial charge in [-0.05, 0) is 37.8 Å². The summed E-state index contributed by atoms with van der Waals surface area (Å²) in [5.41, 5.74) is 8.36. The number of esters is 1. The van der Waals surface area contributed by atoms with Gasteiger partial charge in [-0.15, -0.1) is 0 Å². The summed E-state index contributed by atoms with van der Waals surface area (Å²) in [6.45, 7) is 4.64. The summed E-state index contributed by atoms with van der Waals surface area (Å²) >= 11 is 0. The second kappa shape index (κ2) is 8.59. The maximum absolute atomic E-state index is 11.0. The van der Waals surface area contributed by atoms with E-state index in [9.17, 15) is 4.79 Å². The highest BCUT2D eigenvalue weighted by Gasteiger charge is 2.09. The topological polar surface area (TPSA) is 61.5 Å². The Bertz CT molecular complexity index is 432. The van der Waals surface area contributed by atoms with Gasteiger partial charge in [-0.1, -0.05) is 24.6 Å². The summed E-state index contributed by atoms with van der Waals surface area (Å²) in [7, 11) is 1.40. The highest BCUT2D eigenvalue weighted by Crippen LogP contribution is 2.22. The lowest BCUT2D eigenvalue weighted by molar-refractivity contribution is -0.140. The third-order valence-electron chi connectivity index (χ3n) is 3.23. The van der Waals surface area contributed by atoms with Crippen molar-refractivity contribution in [3.05, 3.63) is 29.3 Å². The summed E-state index contributed by atoms with van der Waals surface area (Å²) in [6, 6.07) is 6.27. The number of benzene rings is 1. The van der Waals surface area contributed by atoms with Gasteiger partial charge < -0.3 is 15.2 Å². The summed E-state index contributed by atoms with van der Waals surface area (Å²) in [4.78, 5) is 11.0. The predicted octanol–water partition coefficient (Wildman–Crippen LogP) is 2.61. The molecule has 0 aliphatic carbocycles. The van der Waals surface area contributed by atoms with Crippen LogP contribution in [-0.2, 0) is 16.0 Å². The van der Waals surface area contributed by atoms with Crippen LogP contribution in [0.15, 0.2) is 18.2 Å². The number of methoxy groups -OCH3 is 1. The molecular weight excluding hydrogens is 254 g/mol. The Kier molecular flexibility index (Phi) is 7.09. The van der Waals surface area contributed by atoms with Crippen molar-refractivity contribution in [3.63, 3.8) is 0 Å². The van der Waals surface area contributed by atoms with Crippen LogP contribution in [0.3, 0.4) is 0 Å². The smallest absolute Gasteiger partial charge is 0.305 e. The predicted molar refractivity (Wildman–Crippen MR) is 79.9 cm³/mol. The summed E-state index contributed by atoms with van der Waals surface area (Å²) in [5, 5.41) is 0. The molecule has 2 N–H and O–H groups in total. The van der Waals surface area contributed by atoms with E-state index in [4.69, 9.17) is 10.5 Å². The Morgan fingerprint density at radius 3 is 2.80 bits per heavy atom. The number of rotatable bonds is 8. The van der Waals surface area contributed by atoms with Crippen molar-refractivity contribution in [3.8, 4) is 5.75 Å². The third kappa shape index (κ3) is 5.61. The maximum atomic E-state index is 11.0. The fourth-order valence-corrected chi connectivity index (χ4v) is 1.94. The van der Waals surface area contributed by atoms with Gasteiger partial charge in [0.2, 0.25) is 0 Å². The van der Waals surface area contributed by atoms with Gasteiger partial charge in [0.1, 0.15) is 5.75 Å². The lowest BCUT2D eigenvalue weighted by Gasteiger charge is -2.15. The molecule has 0 aliphatic heterocycles. The fraction of sp³-hybridized carbons (Fsp3) is 0.562. The summed E-state index contributed by atoms with van der Waals surface area (Å²) in [5.74, 6) is 0.662. The average molecular weight is 279 g/mol. The van der Waals surface area contributed by atoms with E-state index < -0.39 is 0 Å². The van der Waals surface area contributed by atoms with Gasteiger partial charge in [0.05, 0.1) is 13.7 Å². The van der Waals surface area contributed by atoms with Gasteiger partial charge in [-0.3, -0.25) is 4.79 Å². The van der Waals surface area contributed by atoms with Crippen LogP contribution in [0.25, 0.3) is 0 Å². The zero-order chi connectivity index (χ0) is 15.0. The van der Waals surface area contributed by atoms with Gasteiger partial charge in [0.25, 0.3) is 0 Å². The van der Waals surface area contributed by atoms with E-state index >= 15 is 0 Å². The van der Waals surface area contributed by atoms with E-state index in [0.29, 0.717) is 19.4 Å². The first kappa shape index (κ1) is 16.5. The van der Waals surface area contributed by atoms with Crippen molar-refractivity contribution >= 4 is 5.97 Å². The molecular formula is C16H25NO3. The normalized spacial score (nSPS) is 12.0. The zero-order valence-electron chi connectivity index (χ0n) is 12.6. The monoisotopic (exact) mass is 279 g/mol. The van der Waals surface area contributed by atoms with Crippen LogP contribution < -0.4 is 10.5 Å². The Morgan fingerprint density at radius 1 is 1.40 bits per heavy atom. The first-order chi connectivity index (χ1) is 9.56. The van der Waals surface area contributed by atoms with Gasteiger partial charge >= 0.3 is 5.97 Å². The molecule has 1 rings (SSSR count). The Balaban J connectivity index is 2.57. The van der Waals surface area contributed by atoms with Gasteiger partial charge in [-0.25, -0.2) is 0 Å². The van der Waals surface area contributed by atoms with E-state index in [1.54, 1.807) is 0 Å². The van der Waals surface area contributed by atoms with Crippen LogP contribution in [0.5, 0.6) is 5.75 Å². The van der Waals surface area contributed by atoms with Crippen LogP contribution in [0.1, 0.15) is 37.3 Å². The molecule has 0 saturated heterocycles. The van der Waals surface area contributed by atoms with Crippen LogP contribution in [0.4, 0.5) is 0 Å². The summed E-state index contributed by atoms with van der Waals surface area (Å²) in [6.07, 6.45) is 2.78. The van der Waals surface area contributed by atoms with Gasteiger partial charge in [-0.2, -0.15) is 0 Å². The molecule has 0 radical (unpaired) electrons. The van der Waals surface area contributed by atoms with Crippen molar-refractivity contribution in [2.75, 3.05) is 13.7 Å². The van der Waals surface area contributed by atoms with Crippen LogP contribution >= 0.6 is 0 Å². The minimum absolute atomic E-state index is 0.147. The quantitative estimate of drug-likeness (QED) is 0.587. The molecule has 4 heteroatoms. The van der Waals surface area contributed by atoms with E-state index in [1.807, 2.05) is 12.1 Å². The van der Waals surface area contributed by atoms with E-state index in [1.165, 1.54) is 12.7 Å². The van der Waals surface area contributed by atoms with Crippen molar-refractivity contribution in [2.24, 2.45) is 5.73 Å². The SMILES string of the molecule is CCC(N)Cc1cc(C)ccc1OCCCC(=O)OC. The van der Waals surface area contributed by atoms with E-state index in [-0.39, 0.29) is 12.0 Å². The molecule has 1 atom stereocenters. The largest absolute Gasteiger partial charge is 0.493 e. The second-order valence-corrected chi connectivity index (χ2v) is 5.01. The highest BCUT2D eigenvalue weighted by atomic mass is 16.5. The lowest BCUT2D eigenvalue weighted by Crippen LogP contribution is -2.21. The van der Waals surface area contributed by atoms with Crippen molar-refractivity contribution < 1.29 is 14.3 Å². The minimum atomic E-state index is -0.203. The van der Waals surface area contributed by atoms with Crippen LogP contribution in [-0.4, -0.2) is 25.7 Å². The average Bonchev–Trinajstić information content (AvgIpc) is 2.44. The third-order valence-corrected chi connectivity index (χ3v) is 3.23. The van der Waals surface area contributed by atoms with E-state index in [0.717, 1.165) is 24.2 Å². The number of ether oxygens (including phenoxy) is 2. The van der Waals surface area contributed by atoms with Gasteiger partial charge in [0.15, 0.2) is 0 Å². The van der Waals surface area contributed by atoms with Crippen molar-refractivity contribution in [2.45, 2.75) is 45.6 Å². The molecule has 0 saturated carbocycles. The molecule has 0 spiro atoms. The van der Waals surface area contributed by atoms with Crippen molar-refractivity contribution in [1.29, 1.82) is 0 Å². The Morgan fingerprint density at radius 2 is 2.15 bits per heavy atom. The van der Waals surface area contributed by atoms with E-state index in [2.05, 4.69) is 24.7 Å². The van der Waals surface area contributed by atoms with Crippen LogP contribution in [0.2, 0.25) is 0 Å². The zero-order valence-corrected chi connectivity index (χ0v) is 12.6. The molecule has 0 amide bonds. The highest BCUT2D eigenvalue weighted by molar-refractivity contribution is 5.69. The number of carbonyl (C=O) groups is 1. The maximum Gasteiger partial charge on any atom is 0.305 e. The fourth-order valence-electron chi connectivity index (χ4n) is 1.94. The minimum Gasteiger partial charge on any atom is -0.493 e. The second-order valence-electron chi connectivity index (χ2n) is 5.01. The molecule has 0 aliphatic rings. The molecule has 0 fully saturated rings. The molecule has 0 aromatic heterocycles. The molecule has 112 valence electrons. The lowest BCUT2D eigenvalue weighted by atomic mass is 10.0. The first-order valence-electron chi connectivity index (χ1n) is 7.11. The summed E-state index contributed by atoms with van der Waals surface area (Å²) < 4.78 is 10.4. The molecule has 4 nitrogen and oxygen atoms in total. The molecule has 1 aromatic rings.